The summed E-state index contributed by atoms with van der Waals surface area (Å²) in [5.74, 6) is 0. The van der Waals surface area contributed by atoms with E-state index in [9.17, 15) is 18.5 Å². The molecule has 7 heteroatoms. The first kappa shape index (κ1) is 15.1. The number of benzene rings is 2. The predicted octanol–water partition coefficient (Wildman–Crippen LogP) is 2.68. The van der Waals surface area contributed by atoms with Crippen molar-refractivity contribution in [2.24, 2.45) is 0 Å². The smallest absolute Gasteiger partial charge is 0.261 e. The Morgan fingerprint density at radius 2 is 1.62 bits per heavy atom. The standard InChI is InChI=1S/C14H13NO5S/c1-11-7-5-6-10-13(11)21(18,19)20-14(15(16)17)12-8-3-2-4-9-12/h2-10,14H,1H3. The molecule has 0 aliphatic heterocycles. The van der Waals surface area contributed by atoms with E-state index in [1.54, 1.807) is 37.3 Å². The van der Waals surface area contributed by atoms with Crippen LogP contribution in [0.25, 0.3) is 0 Å². The van der Waals surface area contributed by atoms with Gasteiger partial charge >= 0.3 is 16.3 Å². The third kappa shape index (κ3) is 3.45. The quantitative estimate of drug-likeness (QED) is 0.367. The second-order valence-electron chi connectivity index (χ2n) is 4.36. The molecule has 0 fully saturated rings. The van der Waals surface area contributed by atoms with E-state index in [2.05, 4.69) is 0 Å². The molecule has 0 aliphatic carbocycles. The van der Waals surface area contributed by atoms with Crippen molar-refractivity contribution < 1.29 is 17.5 Å². The van der Waals surface area contributed by atoms with Crippen molar-refractivity contribution in [1.29, 1.82) is 0 Å². The van der Waals surface area contributed by atoms with E-state index in [0.29, 0.717) is 5.56 Å². The summed E-state index contributed by atoms with van der Waals surface area (Å²) in [5.41, 5.74) is 0.632. The minimum absolute atomic E-state index is 0.0761. The van der Waals surface area contributed by atoms with E-state index in [4.69, 9.17) is 4.18 Å². The highest BCUT2D eigenvalue weighted by Crippen LogP contribution is 2.25. The molecule has 0 saturated heterocycles. The van der Waals surface area contributed by atoms with E-state index in [1.165, 1.54) is 24.3 Å². The van der Waals surface area contributed by atoms with Gasteiger partial charge in [-0.25, -0.2) is 0 Å². The third-order valence-electron chi connectivity index (χ3n) is 2.86. The highest BCUT2D eigenvalue weighted by atomic mass is 32.2. The van der Waals surface area contributed by atoms with Crippen LogP contribution in [-0.2, 0) is 14.3 Å². The summed E-state index contributed by atoms with van der Waals surface area (Å²) in [4.78, 5) is 10.3. The van der Waals surface area contributed by atoms with Crippen molar-refractivity contribution in [3.05, 3.63) is 75.8 Å². The van der Waals surface area contributed by atoms with Crippen LogP contribution >= 0.6 is 0 Å². The molecule has 0 saturated carbocycles. The first-order chi connectivity index (χ1) is 9.92. The molecule has 2 aromatic carbocycles. The predicted molar refractivity (Wildman–Crippen MR) is 75.6 cm³/mol. The Morgan fingerprint density at radius 3 is 2.19 bits per heavy atom. The molecule has 0 radical (unpaired) electrons. The van der Waals surface area contributed by atoms with Gasteiger partial charge in [-0.3, -0.25) is 10.1 Å². The lowest BCUT2D eigenvalue weighted by Gasteiger charge is -2.12. The van der Waals surface area contributed by atoms with Gasteiger partial charge in [0.05, 0.1) is 15.4 Å². The fraction of sp³-hybridized carbons (Fsp3) is 0.143. The number of rotatable bonds is 5. The molecule has 2 aromatic rings. The summed E-state index contributed by atoms with van der Waals surface area (Å²) in [6.45, 7) is 1.60. The molecule has 0 aromatic heterocycles. The molecule has 0 N–H and O–H groups in total. The van der Waals surface area contributed by atoms with Crippen LogP contribution in [0.4, 0.5) is 0 Å². The monoisotopic (exact) mass is 307 g/mol. The van der Waals surface area contributed by atoms with Crippen LogP contribution in [0.1, 0.15) is 17.4 Å². The van der Waals surface area contributed by atoms with Crippen LogP contribution in [0.5, 0.6) is 0 Å². The van der Waals surface area contributed by atoms with E-state index in [1.807, 2.05) is 0 Å². The van der Waals surface area contributed by atoms with Crippen molar-refractivity contribution in [3.8, 4) is 0 Å². The zero-order valence-corrected chi connectivity index (χ0v) is 12.0. The Hall–Kier alpha value is -2.25. The Morgan fingerprint density at radius 1 is 1.05 bits per heavy atom. The van der Waals surface area contributed by atoms with Crippen LogP contribution < -0.4 is 0 Å². The maximum Gasteiger partial charge on any atom is 0.356 e. The molecule has 21 heavy (non-hydrogen) atoms. The van der Waals surface area contributed by atoms with Gasteiger partial charge in [-0.2, -0.15) is 12.6 Å². The van der Waals surface area contributed by atoms with E-state index in [0.717, 1.165) is 0 Å². The summed E-state index contributed by atoms with van der Waals surface area (Å²) in [5, 5.41) is 11.1. The molecule has 0 aliphatic rings. The summed E-state index contributed by atoms with van der Waals surface area (Å²) in [6.07, 6.45) is -1.77. The normalized spacial score (nSPS) is 12.8. The minimum Gasteiger partial charge on any atom is -0.261 e. The van der Waals surface area contributed by atoms with E-state index >= 15 is 0 Å². The Labute approximate surface area is 122 Å². The lowest BCUT2D eigenvalue weighted by molar-refractivity contribution is -0.570. The second-order valence-corrected chi connectivity index (χ2v) is 5.90. The van der Waals surface area contributed by atoms with Crippen LogP contribution in [0.15, 0.2) is 59.5 Å². The number of nitro groups is 1. The lowest BCUT2D eigenvalue weighted by Crippen LogP contribution is -2.19. The zero-order chi connectivity index (χ0) is 15.5. The molecule has 0 spiro atoms. The largest absolute Gasteiger partial charge is 0.356 e. The zero-order valence-electron chi connectivity index (χ0n) is 11.2. The van der Waals surface area contributed by atoms with Gasteiger partial charge in [0, 0.05) is 0 Å². The van der Waals surface area contributed by atoms with Gasteiger partial charge in [0.25, 0.3) is 0 Å². The van der Waals surface area contributed by atoms with E-state index < -0.39 is 21.3 Å². The summed E-state index contributed by atoms with van der Waals surface area (Å²) < 4.78 is 29.3. The average Bonchev–Trinajstić information content (AvgIpc) is 2.46. The van der Waals surface area contributed by atoms with Crippen molar-refractivity contribution in [2.75, 3.05) is 0 Å². The van der Waals surface area contributed by atoms with Crippen LogP contribution in [0.2, 0.25) is 0 Å². The molecule has 0 amide bonds. The fourth-order valence-corrected chi connectivity index (χ4v) is 3.07. The van der Waals surface area contributed by atoms with Crippen molar-refractivity contribution in [1.82, 2.24) is 0 Å². The number of hydrogen-bond acceptors (Lipinski definition) is 5. The molecule has 6 nitrogen and oxygen atoms in total. The van der Waals surface area contributed by atoms with Gasteiger partial charge in [0.2, 0.25) is 0 Å². The fourth-order valence-electron chi connectivity index (χ4n) is 1.84. The van der Waals surface area contributed by atoms with Crippen LogP contribution in [-0.4, -0.2) is 13.3 Å². The maximum atomic E-state index is 12.2. The first-order valence-electron chi connectivity index (χ1n) is 6.09. The van der Waals surface area contributed by atoms with Gasteiger partial charge in [-0.1, -0.05) is 36.4 Å². The molecule has 110 valence electrons. The highest BCUT2D eigenvalue weighted by molar-refractivity contribution is 7.86. The maximum absolute atomic E-state index is 12.2. The third-order valence-corrected chi connectivity index (χ3v) is 4.29. The molecule has 1 unspecified atom stereocenters. The number of aryl methyl sites for hydroxylation is 1. The van der Waals surface area contributed by atoms with Crippen molar-refractivity contribution in [2.45, 2.75) is 18.0 Å². The summed E-state index contributed by atoms with van der Waals surface area (Å²) >= 11 is 0. The summed E-state index contributed by atoms with van der Waals surface area (Å²) in [6, 6.07) is 13.9. The second kappa shape index (κ2) is 6.02. The SMILES string of the molecule is Cc1ccccc1S(=O)(=O)OC(c1ccccc1)[N+](=O)[O-]. The van der Waals surface area contributed by atoms with Crippen molar-refractivity contribution in [3.63, 3.8) is 0 Å². The van der Waals surface area contributed by atoms with Gasteiger partial charge in [0.1, 0.15) is 0 Å². The van der Waals surface area contributed by atoms with Gasteiger partial charge in [0.15, 0.2) is 0 Å². The summed E-state index contributed by atoms with van der Waals surface area (Å²) in [7, 11) is -4.23. The molecular formula is C14H13NO5S. The van der Waals surface area contributed by atoms with Crippen molar-refractivity contribution >= 4 is 10.1 Å². The molecule has 0 heterocycles. The molecule has 0 bridgehead atoms. The Bertz CT molecular complexity index is 743. The number of nitrogens with zero attached hydrogens (tertiary/aromatic N) is 1. The lowest BCUT2D eigenvalue weighted by atomic mass is 10.2. The topological polar surface area (TPSA) is 86.5 Å². The van der Waals surface area contributed by atoms with Crippen LogP contribution in [0.3, 0.4) is 0 Å². The minimum atomic E-state index is -4.23. The molecular weight excluding hydrogens is 294 g/mol. The number of hydrogen-bond donors (Lipinski definition) is 0. The van der Waals surface area contributed by atoms with Crippen LogP contribution in [0, 0.1) is 17.0 Å². The van der Waals surface area contributed by atoms with Gasteiger partial charge < -0.3 is 0 Å². The molecule has 1 atom stereocenters. The Balaban J connectivity index is 2.38. The molecule has 2 rings (SSSR count). The highest BCUT2D eigenvalue weighted by Gasteiger charge is 2.32. The Kier molecular flexibility index (Phi) is 4.35. The average molecular weight is 307 g/mol. The van der Waals surface area contributed by atoms with Gasteiger partial charge in [-0.15, -0.1) is 0 Å². The van der Waals surface area contributed by atoms with E-state index in [-0.39, 0.29) is 10.5 Å². The first-order valence-corrected chi connectivity index (χ1v) is 7.50. The van der Waals surface area contributed by atoms with Gasteiger partial charge in [-0.05, 0) is 30.7 Å².